The van der Waals surface area contributed by atoms with Gasteiger partial charge >= 0.3 is 0 Å². The number of benzene rings is 1. The maximum atomic E-state index is 5.93. The van der Waals surface area contributed by atoms with Crippen molar-refractivity contribution >= 4 is 23.4 Å². The number of nitrogens with one attached hydrogen (secondary N) is 1. The van der Waals surface area contributed by atoms with Gasteiger partial charge in [-0.2, -0.15) is 11.8 Å². The van der Waals surface area contributed by atoms with E-state index in [4.69, 9.17) is 10.5 Å². The summed E-state index contributed by atoms with van der Waals surface area (Å²) in [5.41, 5.74) is 6.82. The number of ether oxygens (including phenoxy) is 1. The normalized spacial score (nSPS) is 17.7. The number of nitrogens with zero attached hydrogens (tertiary/aromatic N) is 1. The van der Waals surface area contributed by atoms with Crippen molar-refractivity contribution in [1.29, 1.82) is 0 Å². The highest BCUT2D eigenvalue weighted by molar-refractivity contribution is 8.00. The van der Waals surface area contributed by atoms with Crippen LogP contribution < -0.4 is 15.8 Å². The zero-order valence-electron chi connectivity index (χ0n) is 11.5. The van der Waals surface area contributed by atoms with Crippen molar-refractivity contribution < 1.29 is 4.74 Å². The second-order valence-electron chi connectivity index (χ2n) is 4.80. The Labute approximate surface area is 118 Å². The highest BCUT2D eigenvalue weighted by atomic mass is 32.2. The fraction of sp³-hybridized carbons (Fsp3) is 0.500. The molecule has 0 aliphatic heterocycles. The molecule has 0 atom stereocenters. The van der Waals surface area contributed by atoms with Crippen LogP contribution in [0.3, 0.4) is 0 Å². The first-order chi connectivity index (χ1) is 9.17. The van der Waals surface area contributed by atoms with Crippen molar-refractivity contribution in [3.05, 3.63) is 24.3 Å². The molecule has 0 aromatic heterocycles. The Morgan fingerprint density at radius 2 is 2.32 bits per heavy atom. The van der Waals surface area contributed by atoms with Gasteiger partial charge < -0.3 is 15.8 Å². The first-order valence-electron chi connectivity index (χ1n) is 6.44. The van der Waals surface area contributed by atoms with E-state index < -0.39 is 0 Å². The predicted octanol–water partition coefficient (Wildman–Crippen LogP) is 2.71. The molecule has 1 aliphatic rings. The summed E-state index contributed by atoms with van der Waals surface area (Å²) in [6.45, 7) is 0.789. The number of hydrogen-bond donors (Lipinski definition) is 2. The number of thioether (sulfide) groups is 1. The minimum Gasteiger partial charge on any atom is -0.497 e. The third-order valence-electron chi connectivity index (χ3n) is 3.58. The largest absolute Gasteiger partial charge is 0.497 e. The van der Waals surface area contributed by atoms with Gasteiger partial charge in [-0.3, -0.25) is 4.99 Å². The molecule has 0 amide bonds. The summed E-state index contributed by atoms with van der Waals surface area (Å²) in [6.07, 6.45) is 5.94. The molecule has 0 spiro atoms. The van der Waals surface area contributed by atoms with Crippen LogP contribution in [0.4, 0.5) is 5.69 Å². The third-order valence-corrected chi connectivity index (χ3v) is 4.98. The lowest BCUT2D eigenvalue weighted by molar-refractivity contribution is 0.372. The van der Waals surface area contributed by atoms with Crippen LogP contribution >= 0.6 is 11.8 Å². The monoisotopic (exact) mass is 279 g/mol. The number of hydrogen-bond acceptors (Lipinski definition) is 3. The van der Waals surface area contributed by atoms with Crippen molar-refractivity contribution in [3.8, 4) is 5.75 Å². The van der Waals surface area contributed by atoms with Crippen molar-refractivity contribution in [2.24, 2.45) is 10.7 Å². The quantitative estimate of drug-likeness (QED) is 0.642. The number of aliphatic imine (C=N–C) groups is 1. The van der Waals surface area contributed by atoms with Crippen LogP contribution in [-0.2, 0) is 0 Å². The van der Waals surface area contributed by atoms with E-state index in [1.54, 1.807) is 7.11 Å². The third kappa shape index (κ3) is 3.56. The molecule has 0 heterocycles. The molecule has 5 heteroatoms. The van der Waals surface area contributed by atoms with E-state index in [1.165, 1.54) is 19.3 Å². The van der Waals surface area contributed by atoms with Gasteiger partial charge in [0, 0.05) is 16.5 Å². The second kappa shape index (κ2) is 6.19. The molecule has 1 fully saturated rings. The summed E-state index contributed by atoms with van der Waals surface area (Å²) < 4.78 is 5.49. The fourth-order valence-electron chi connectivity index (χ4n) is 2.12. The molecule has 1 saturated carbocycles. The number of nitrogens with two attached hydrogens (primary N) is 1. The van der Waals surface area contributed by atoms with Crippen molar-refractivity contribution in [2.45, 2.75) is 24.0 Å². The van der Waals surface area contributed by atoms with Gasteiger partial charge in [0.2, 0.25) is 0 Å². The molecule has 0 radical (unpaired) electrons. The van der Waals surface area contributed by atoms with Crippen molar-refractivity contribution in [3.63, 3.8) is 0 Å². The maximum absolute atomic E-state index is 5.93. The molecule has 4 nitrogen and oxygen atoms in total. The van der Waals surface area contributed by atoms with Gasteiger partial charge in [-0.25, -0.2) is 0 Å². The Morgan fingerprint density at radius 3 is 2.89 bits per heavy atom. The second-order valence-corrected chi connectivity index (χ2v) is 6.07. The number of anilines is 1. The average molecular weight is 279 g/mol. The van der Waals surface area contributed by atoms with Gasteiger partial charge in [0.05, 0.1) is 13.7 Å². The summed E-state index contributed by atoms with van der Waals surface area (Å²) in [5.74, 6) is 1.27. The molecule has 1 aromatic carbocycles. The fourth-order valence-corrected chi connectivity index (χ4v) is 3.01. The van der Waals surface area contributed by atoms with Crippen LogP contribution in [0.1, 0.15) is 19.3 Å². The van der Waals surface area contributed by atoms with E-state index in [0.29, 0.717) is 10.7 Å². The average Bonchev–Trinajstić information content (AvgIpc) is 2.38. The lowest BCUT2D eigenvalue weighted by Crippen LogP contribution is -2.37. The topological polar surface area (TPSA) is 59.6 Å². The van der Waals surface area contributed by atoms with Crippen LogP contribution in [0.5, 0.6) is 5.75 Å². The molecule has 3 N–H and O–H groups in total. The molecule has 2 rings (SSSR count). The molecule has 0 bridgehead atoms. The van der Waals surface area contributed by atoms with Gasteiger partial charge in [-0.15, -0.1) is 0 Å². The van der Waals surface area contributed by atoms with E-state index >= 15 is 0 Å². The first-order valence-corrected chi connectivity index (χ1v) is 7.66. The van der Waals surface area contributed by atoms with E-state index in [1.807, 2.05) is 36.0 Å². The summed E-state index contributed by atoms with van der Waals surface area (Å²) >= 11 is 1.90. The Bertz CT molecular complexity index is 452. The molecular weight excluding hydrogens is 258 g/mol. The van der Waals surface area contributed by atoms with E-state index in [-0.39, 0.29) is 0 Å². The zero-order valence-corrected chi connectivity index (χ0v) is 12.3. The van der Waals surface area contributed by atoms with Crippen LogP contribution in [0.2, 0.25) is 0 Å². The molecular formula is C14H21N3OS. The van der Waals surface area contributed by atoms with Gasteiger partial charge in [-0.1, -0.05) is 12.5 Å². The van der Waals surface area contributed by atoms with E-state index in [9.17, 15) is 0 Å². The molecule has 0 unspecified atom stereocenters. The lowest BCUT2D eigenvalue weighted by atomic mass is 9.84. The van der Waals surface area contributed by atoms with Gasteiger partial charge in [0.15, 0.2) is 5.96 Å². The molecule has 1 aliphatic carbocycles. The summed E-state index contributed by atoms with van der Waals surface area (Å²) in [5, 5.41) is 3.10. The van der Waals surface area contributed by atoms with Gasteiger partial charge in [0.1, 0.15) is 5.75 Å². The van der Waals surface area contributed by atoms with E-state index in [0.717, 1.165) is 18.0 Å². The molecule has 19 heavy (non-hydrogen) atoms. The smallest absolute Gasteiger partial charge is 0.193 e. The maximum Gasteiger partial charge on any atom is 0.193 e. The SMILES string of the molecule is COc1cccc(NC(N)=NCC2(SC)CCC2)c1. The Hall–Kier alpha value is -1.36. The summed E-state index contributed by atoms with van der Waals surface area (Å²) in [6, 6.07) is 7.66. The number of methoxy groups -OCH3 is 1. The molecule has 0 saturated heterocycles. The highest BCUT2D eigenvalue weighted by Crippen LogP contribution is 2.42. The molecule has 1 aromatic rings. The minimum absolute atomic E-state index is 0.320. The van der Waals surface area contributed by atoms with E-state index in [2.05, 4.69) is 16.6 Å². The standard InChI is InChI=1S/C14H21N3OS/c1-18-12-6-3-5-11(9-12)17-13(15)16-10-14(19-2)7-4-8-14/h3,5-6,9H,4,7-8,10H2,1-2H3,(H3,15,16,17). The van der Waals surface area contributed by atoms with Crippen LogP contribution in [-0.4, -0.2) is 30.6 Å². The number of rotatable bonds is 5. The van der Waals surface area contributed by atoms with Crippen molar-refractivity contribution in [2.75, 3.05) is 25.2 Å². The predicted molar refractivity (Wildman–Crippen MR) is 83.2 cm³/mol. The van der Waals surface area contributed by atoms with Crippen molar-refractivity contribution in [1.82, 2.24) is 0 Å². The Balaban J connectivity index is 1.94. The zero-order chi connectivity index (χ0) is 13.7. The highest BCUT2D eigenvalue weighted by Gasteiger charge is 2.35. The van der Waals surface area contributed by atoms with Crippen LogP contribution in [0.25, 0.3) is 0 Å². The summed E-state index contributed by atoms with van der Waals surface area (Å²) in [7, 11) is 1.65. The van der Waals surface area contributed by atoms with Crippen LogP contribution in [0, 0.1) is 0 Å². The Morgan fingerprint density at radius 1 is 1.53 bits per heavy atom. The molecule has 104 valence electrons. The Kier molecular flexibility index (Phi) is 4.58. The first kappa shape index (κ1) is 14.1. The number of guanidine groups is 1. The van der Waals surface area contributed by atoms with Gasteiger partial charge in [-0.05, 0) is 31.2 Å². The summed E-state index contributed by atoms with van der Waals surface area (Å²) in [4.78, 5) is 4.46. The van der Waals surface area contributed by atoms with Gasteiger partial charge in [0.25, 0.3) is 0 Å². The minimum atomic E-state index is 0.320. The lowest BCUT2D eigenvalue weighted by Gasteiger charge is -2.39. The van der Waals surface area contributed by atoms with Crippen LogP contribution in [0.15, 0.2) is 29.3 Å².